The lowest BCUT2D eigenvalue weighted by Gasteiger charge is -2.14. The molecule has 0 bridgehead atoms. The number of carbonyl (C=O) groups excluding carboxylic acids is 1. The summed E-state index contributed by atoms with van der Waals surface area (Å²) in [4.78, 5) is 11.1. The molecule has 1 atom stereocenters. The van der Waals surface area contributed by atoms with Crippen LogP contribution in [-0.4, -0.2) is 5.97 Å². The van der Waals surface area contributed by atoms with E-state index in [1.165, 1.54) is 19.1 Å². The quantitative estimate of drug-likeness (QED) is 0.565. The highest BCUT2D eigenvalue weighted by Crippen LogP contribution is 2.32. The molecule has 3 heteroatoms. The number of ether oxygens (including phenoxy) is 1. The predicted octanol–water partition coefficient (Wildman–Crippen LogP) is 5.78. The fraction of sp³-hybridized carbons (Fsp3) is 0.136. The number of halogens is 1. The maximum absolute atomic E-state index is 13.2. The molecule has 0 aliphatic rings. The monoisotopic (exact) mass is 334 g/mol. The maximum Gasteiger partial charge on any atom is 0.303 e. The van der Waals surface area contributed by atoms with E-state index in [-0.39, 0.29) is 17.9 Å². The Morgan fingerprint density at radius 2 is 1.32 bits per heavy atom. The molecule has 0 aliphatic heterocycles. The van der Waals surface area contributed by atoms with Crippen LogP contribution in [-0.2, 0) is 9.53 Å². The third-order valence-corrected chi connectivity index (χ3v) is 4.12. The summed E-state index contributed by atoms with van der Waals surface area (Å²) in [5.74, 6) is -0.539. The number of benzene rings is 3. The molecule has 0 N–H and O–H groups in total. The van der Waals surface area contributed by atoms with E-state index in [0.29, 0.717) is 0 Å². The van der Waals surface area contributed by atoms with Crippen LogP contribution >= 0.6 is 0 Å². The Balaban J connectivity index is 1.95. The van der Waals surface area contributed by atoms with E-state index in [4.69, 9.17) is 4.74 Å². The Kier molecular flexibility index (Phi) is 4.94. The standard InChI is InChI=1S/C22H19FO2/c1-15(25-16(2)24)17-7-9-18(10-8-17)21-5-3-4-6-22(21)19-11-13-20(23)14-12-19/h3-15H,1-2H3. The van der Waals surface area contributed by atoms with Gasteiger partial charge < -0.3 is 4.74 Å². The molecule has 0 radical (unpaired) electrons. The lowest BCUT2D eigenvalue weighted by molar-refractivity contribution is -0.145. The molecular formula is C22H19FO2. The smallest absolute Gasteiger partial charge is 0.303 e. The maximum atomic E-state index is 13.2. The van der Waals surface area contributed by atoms with Crippen LogP contribution in [0.25, 0.3) is 22.3 Å². The van der Waals surface area contributed by atoms with Crippen molar-refractivity contribution < 1.29 is 13.9 Å². The van der Waals surface area contributed by atoms with Crippen LogP contribution in [0.1, 0.15) is 25.5 Å². The van der Waals surface area contributed by atoms with Gasteiger partial charge in [-0.25, -0.2) is 4.39 Å². The highest BCUT2D eigenvalue weighted by molar-refractivity contribution is 5.83. The summed E-state index contributed by atoms with van der Waals surface area (Å²) >= 11 is 0. The Bertz CT molecular complexity index is 867. The van der Waals surface area contributed by atoms with E-state index in [2.05, 4.69) is 0 Å². The fourth-order valence-electron chi connectivity index (χ4n) is 2.87. The summed E-state index contributed by atoms with van der Waals surface area (Å²) in [6.45, 7) is 3.26. The molecule has 25 heavy (non-hydrogen) atoms. The minimum Gasteiger partial charge on any atom is -0.458 e. The Morgan fingerprint density at radius 3 is 1.80 bits per heavy atom. The van der Waals surface area contributed by atoms with Gasteiger partial charge in [-0.2, -0.15) is 0 Å². The van der Waals surface area contributed by atoms with Crippen molar-refractivity contribution in [2.24, 2.45) is 0 Å². The van der Waals surface area contributed by atoms with Gasteiger partial charge in [0.1, 0.15) is 11.9 Å². The van der Waals surface area contributed by atoms with Crippen molar-refractivity contribution in [3.63, 3.8) is 0 Å². The predicted molar refractivity (Wildman–Crippen MR) is 97.5 cm³/mol. The molecule has 2 nitrogen and oxygen atoms in total. The second kappa shape index (κ2) is 7.31. The highest BCUT2D eigenvalue weighted by Gasteiger charge is 2.11. The van der Waals surface area contributed by atoms with E-state index >= 15 is 0 Å². The molecule has 3 rings (SSSR count). The molecule has 3 aromatic carbocycles. The SMILES string of the molecule is CC(=O)OC(C)c1ccc(-c2ccccc2-c2ccc(F)cc2)cc1. The van der Waals surface area contributed by atoms with Gasteiger partial charge in [-0.3, -0.25) is 4.79 Å². The summed E-state index contributed by atoms with van der Waals surface area (Å²) in [5, 5.41) is 0. The largest absolute Gasteiger partial charge is 0.458 e. The second-order valence-electron chi connectivity index (χ2n) is 5.93. The summed E-state index contributed by atoms with van der Waals surface area (Å²) in [6.07, 6.45) is -0.279. The summed E-state index contributed by atoms with van der Waals surface area (Å²) < 4.78 is 18.4. The summed E-state index contributed by atoms with van der Waals surface area (Å²) in [5.41, 5.74) is 5.08. The molecule has 126 valence electrons. The molecule has 0 amide bonds. The van der Waals surface area contributed by atoms with Gasteiger partial charge in [0, 0.05) is 6.92 Å². The van der Waals surface area contributed by atoms with Crippen molar-refractivity contribution in [2.45, 2.75) is 20.0 Å². The lowest BCUT2D eigenvalue weighted by Crippen LogP contribution is -2.04. The van der Waals surface area contributed by atoms with Crippen molar-refractivity contribution in [3.8, 4) is 22.3 Å². The Hall–Kier alpha value is -2.94. The van der Waals surface area contributed by atoms with Gasteiger partial charge in [0.25, 0.3) is 0 Å². The molecule has 0 aliphatic carbocycles. The van der Waals surface area contributed by atoms with Crippen LogP contribution in [0.3, 0.4) is 0 Å². The molecule has 0 saturated carbocycles. The highest BCUT2D eigenvalue weighted by atomic mass is 19.1. The third-order valence-electron chi connectivity index (χ3n) is 4.12. The average Bonchev–Trinajstić information content (AvgIpc) is 2.62. The molecule has 3 aromatic rings. The average molecular weight is 334 g/mol. The van der Waals surface area contributed by atoms with E-state index in [1.54, 1.807) is 12.1 Å². The first-order valence-electron chi connectivity index (χ1n) is 8.17. The van der Waals surface area contributed by atoms with Crippen LogP contribution < -0.4 is 0 Å². The zero-order valence-electron chi connectivity index (χ0n) is 14.2. The Labute approximate surface area is 146 Å². The summed E-state index contributed by atoms with van der Waals surface area (Å²) in [7, 11) is 0. The zero-order chi connectivity index (χ0) is 17.8. The number of hydrogen-bond acceptors (Lipinski definition) is 2. The minimum atomic E-state index is -0.293. The van der Waals surface area contributed by atoms with Gasteiger partial charge in [0.15, 0.2) is 0 Å². The van der Waals surface area contributed by atoms with Crippen molar-refractivity contribution in [3.05, 3.63) is 84.2 Å². The fourth-order valence-corrected chi connectivity index (χ4v) is 2.87. The topological polar surface area (TPSA) is 26.3 Å². The van der Waals surface area contributed by atoms with E-state index in [9.17, 15) is 9.18 Å². The number of hydrogen-bond donors (Lipinski definition) is 0. The van der Waals surface area contributed by atoms with Crippen LogP contribution in [0, 0.1) is 5.82 Å². The second-order valence-corrected chi connectivity index (χ2v) is 5.93. The molecule has 0 fully saturated rings. The number of carbonyl (C=O) groups is 1. The van der Waals surface area contributed by atoms with E-state index in [1.807, 2.05) is 55.5 Å². The van der Waals surface area contributed by atoms with Crippen molar-refractivity contribution in [2.75, 3.05) is 0 Å². The number of rotatable bonds is 4. The van der Waals surface area contributed by atoms with Crippen molar-refractivity contribution in [1.82, 2.24) is 0 Å². The van der Waals surface area contributed by atoms with Gasteiger partial charge in [-0.05, 0) is 46.9 Å². The van der Waals surface area contributed by atoms with Crippen LogP contribution in [0.5, 0.6) is 0 Å². The third kappa shape index (κ3) is 3.94. The first-order valence-corrected chi connectivity index (χ1v) is 8.17. The van der Waals surface area contributed by atoms with Gasteiger partial charge in [0.2, 0.25) is 0 Å². The lowest BCUT2D eigenvalue weighted by atomic mass is 9.94. The van der Waals surface area contributed by atoms with E-state index in [0.717, 1.165) is 27.8 Å². The Morgan fingerprint density at radius 1 is 0.840 bits per heavy atom. The van der Waals surface area contributed by atoms with Gasteiger partial charge >= 0.3 is 5.97 Å². The molecule has 0 spiro atoms. The van der Waals surface area contributed by atoms with Crippen LogP contribution in [0.4, 0.5) is 4.39 Å². The first-order chi connectivity index (χ1) is 12.0. The van der Waals surface area contributed by atoms with Gasteiger partial charge in [0.05, 0.1) is 0 Å². The van der Waals surface area contributed by atoms with Crippen molar-refractivity contribution in [1.29, 1.82) is 0 Å². The van der Waals surface area contributed by atoms with Crippen molar-refractivity contribution >= 4 is 5.97 Å². The normalized spacial score (nSPS) is 11.8. The summed E-state index contributed by atoms with van der Waals surface area (Å²) in [6, 6.07) is 22.5. The molecule has 0 aromatic heterocycles. The van der Waals surface area contributed by atoms with E-state index < -0.39 is 0 Å². The first kappa shape index (κ1) is 16.9. The van der Waals surface area contributed by atoms with Crippen LogP contribution in [0.15, 0.2) is 72.8 Å². The van der Waals surface area contributed by atoms with Gasteiger partial charge in [-0.1, -0.05) is 60.7 Å². The van der Waals surface area contributed by atoms with Gasteiger partial charge in [-0.15, -0.1) is 0 Å². The molecule has 0 saturated heterocycles. The number of esters is 1. The minimum absolute atomic E-state index is 0.245. The molecule has 1 unspecified atom stereocenters. The molecule has 0 heterocycles. The van der Waals surface area contributed by atoms with Crippen LogP contribution in [0.2, 0.25) is 0 Å². The molecular weight excluding hydrogens is 315 g/mol. The zero-order valence-corrected chi connectivity index (χ0v) is 14.2.